The summed E-state index contributed by atoms with van der Waals surface area (Å²) in [5, 5.41) is 0.649. The molecule has 0 radical (unpaired) electrons. The summed E-state index contributed by atoms with van der Waals surface area (Å²) in [4.78, 5) is 9.07. The highest BCUT2D eigenvalue weighted by Crippen LogP contribution is 2.28. The lowest BCUT2D eigenvalue weighted by Gasteiger charge is -2.34. The average molecular weight is 248 g/mol. The molecule has 0 bridgehead atoms. The van der Waals surface area contributed by atoms with Gasteiger partial charge in [-0.2, -0.15) is 0 Å². The maximum Gasteiger partial charge on any atom is 0.181 e. The van der Waals surface area contributed by atoms with Crippen molar-refractivity contribution in [2.75, 3.05) is 43.9 Å². The molecule has 1 aromatic heterocycles. The molecule has 4 nitrogen and oxygen atoms in total. The Hall–Kier alpha value is -1.33. The smallest absolute Gasteiger partial charge is 0.181 e. The third-order valence-corrected chi connectivity index (χ3v) is 4.10. The van der Waals surface area contributed by atoms with E-state index in [1.54, 1.807) is 11.3 Å². The summed E-state index contributed by atoms with van der Waals surface area (Å²) in [6, 6.07) is 6.41. The first-order valence-corrected chi connectivity index (χ1v) is 6.63. The van der Waals surface area contributed by atoms with E-state index in [9.17, 15) is 0 Å². The molecule has 1 aromatic carbocycles. The van der Waals surface area contributed by atoms with Crippen LogP contribution in [0.4, 0.5) is 10.8 Å². The van der Waals surface area contributed by atoms with E-state index in [0.717, 1.165) is 31.7 Å². The molecule has 0 amide bonds. The fourth-order valence-electron chi connectivity index (χ4n) is 2.19. The molecule has 90 valence electrons. The molecule has 3 rings (SSSR count). The van der Waals surface area contributed by atoms with E-state index >= 15 is 0 Å². The topological polar surface area (TPSA) is 45.4 Å². The first-order chi connectivity index (χ1) is 8.22. The molecule has 5 heteroatoms. The lowest BCUT2D eigenvalue weighted by molar-refractivity contribution is 0.313. The molecule has 1 aliphatic heterocycles. The van der Waals surface area contributed by atoms with E-state index in [2.05, 4.69) is 40.0 Å². The van der Waals surface area contributed by atoms with Crippen LogP contribution in [0.1, 0.15) is 0 Å². The largest absolute Gasteiger partial charge is 0.375 e. The van der Waals surface area contributed by atoms with Crippen LogP contribution in [0, 0.1) is 0 Å². The van der Waals surface area contributed by atoms with Crippen LogP contribution in [0.25, 0.3) is 10.2 Å². The summed E-state index contributed by atoms with van der Waals surface area (Å²) in [6.45, 7) is 4.44. The molecule has 1 fully saturated rings. The SMILES string of the molecule is CN1CCN(c2ccc3nc(N)sc3c2)CC1. The summed E-state index contributed by atoms with van der Waals surface area (Å²) in [6.07, 6.45) is 0. The molecule has 0 saturated carbocycles. The van der Waals surface area contributed by atoms with Gasteiger partial charge in [0.25, 0.3) is 0 Å². The number of piperazine rings is 1. The maximum absolute atomic E-state index is 5.72. The summed E-state index contributed by atoms with van der Waals surface area (Å²) < 4.78 is 1.18. The zero-order chi connectivity index (χ0) is 11.8. The van der Waals surface area contributed by atoms with E-state index < -0.39 is 0 Å². The second-order valence-electron chi connectivity index (χ2n) is 4.49. The van der Waals surface area contributed by atoms with Crippen molar-refractivity contribution >= 4 is 32.4 Å². The number of benzene rings is 1. The Morgan fingerprint density at radius 2 is 2.00 bits per heavy atom. The molecule has 2 N–H and O–H groups in total. The van der Waals surface area contributed by atoms with Crippen LogP contribution >= 0.6 is 11.3 Å². The fraction of sp³-hybridized carbons (Fsp3) is 0.417. The van der Waals surface area contributed by atoms with Crippen molar-refractivity contribution in [2.45, 2.75) is 0 Å². The number of thiazole rings is 1. The lowest BCUT2D eigenvalue weighted by Crippen LogP contribution is -2.44. The predicted octanol–water partition coefficient (Wildman–Crippen LogP) is 1.63. The van der Waals surface area contributed by atoms with Gasteiger partial charge < -0.3 is 15.5 Å². The first kappa shape index (κ1) is 10.8. The van der Waals surface area contributed by atoms with E-state index in [1.807, 2.05) is 0 Å². The third-order valence-electron chi connectivity index (χ3n) is 3.26. The number of nitrogens with two attached hydrogens (primary N) is 1. The second-order valence-corrected chi connectivity index (χ2v) is 5.56. The monoisotopic (exact) mass is 248 g/mol. The Morgan fingerprint density at radius 1 is 1.24 bits per heavy atom. The van der Waals surface area contributed by atoms with Crippen LogP contribution in [0.2, 0.25) is 0 Å². The zero-order valence-corrected chi connectivity index (χ0v) is 10.7. The van der Waals surface area contributed by atoms with Crippen LogP contribution in [-0.4, -0.2) is 43.1 Å². The fourth-order valence-corrected chi connectivity index (χ4v) is 2.96. The summed E-state index contributed by atoms with van der Waals surface area (Å²) in [7, 11) is 2.17. The number of nitrogen functional groups attached to an aromatic ring is 1. The van der Waals surface area contributed by atoms with Gasteiger partial charge in [0.1, 0.15) is 0 Å². The maximum atomic E-state index is 5.72. The molecular weight excluding hydrogens is 232 g/mol. The van der Waals surface area contributed by atoms with Crippen molar-refractivity contribution in [3.8, 4) is 0 Å². The lowest BCUT2D eigenvalue weighted by atomic mass is 10.2. The number of hydrogen-bond acceptors (Lipinski definition) is 5. The Morgan fingerprint density at radius 3 is 2.76 bits per heavy atom. The van der Waals surface area contributed by atoms with Gasteiger partial charge in [-0.3, -0.25) is 0 Å². The number of nitrogens with zero attached hydrogens (tertiary/aromatic N) is 3. The van der Waals surface area contributed by atoms with Crippen molar-refractivity contribution in [2.24, 2.45) is 0 Å². The van der Waals surface area contributed by atoms with E-state index in [1.165, 1.54) is 10.4 Å². The Labute approximate surface area is 105 Å². The van der Waals surface area contributed by atoms with Crippen LogP contribution < -0.4 is 10.6 Å². The van der Waals surface area contributed by atoms with Gasteiger partial charge in [0.2, 0.25) is 0 Å². The Kier molecular flexibility index (Phi) is 2.64. The molecular formula is C12H16N4S. The molecule has 0 spiro atoms. The Bertz CT molecular complexity index is 528. The van der Waals surface area contributed by atoms with E-state index in [0.29, 0.717) is 5.13 Å². The van der Waals surface area contributed by atoms with Crippen LogP contribution in [-0.2, 0) is 0 Å². The number of anilines is 2. The molecule has 2 aromatic rings. The van der Waals surface area contributed by atoms with Crippen molar-refractivity contribution in [1.29, 1.82) is 0 Å². The van der Waals surface area contributed by atoms with Crippen molar-refractivity contribution < 1.29 is 0 Å². The van der Waals surface area contributed by atoms with Crippen LogP contribution in [0.15, 0.2) is 18.2 Å². The minimum Gasteiger partial charge on any atom is -0.375 e. The molecule has 0 aliphatic carbocycles. The number of aromatic nitrogens is 1. The first-order valence-electron chi connectivity index (χ1n) is 5.82. The predicted molar refractivity (Wildman–Crippen MR) is 73.7 cm³/mol. The Balaban J connectivity index is 1.89. The van der Waals surface area contributed by atoms with Crippen LogP contribution in [0.5, 0.6) is 0 Å². The highest BCUT2D eigenvalue weighted by molar-refractivity contribution is 7.22. The molecule has 0 unspecified atom stereocenters. The van der Waals surface area contributed by atoms with Gasteiger partial charge >= 0.3 is 0 Å². The molecule has 0 atom stereocenters. The van der Waals surface area contributed by atoms with Gasteiger partial charge in [0.15, 0.2) is 5.13 Å². The van der Waals surface area contributed by atoms with Crippen molar-refractivity contribution in [3.63, 3.8) is 0 Å². The van der Waals surface area contributed by atoms with Crippen LogP contribution in [0.3, 0.4) is 0 Å². The number of hydrogen-bond donors (Lipinski definition) is 1. The number of likely N-dealkylation sites (N-methyl/N-ethyl adjacent to an activating group) is 1. The highest BCUT2D eigenvalue weighted by Gasteiger charge is 2.14. The van der Waals surface area contributed by atoms with Crippen molar-refractivity contribution in [1.82, 2.24) is 9.88 Å². The van der Waals surface area contributed by atoms with Gasteiger partial charge in [0, 0.05) is 31.9 Å². The average Bonchev–Trinajstić information content (AvgIpc) is 2.69. The van der Waals surface area contributed by atoms with Gasteiger partial charge in [-0.15, -0.1) is 0 Å². The number of fused-ring (bicyclic) bond motifs is 1. The summed E-state index contributed by atoms with van der Waals surface area (Å²) >= 11 is 1.56. The molecule has 1 saturated heterocycles. The summed E-state index contributed by atoms with van der Waals surface area (Å²) in [5.41, 5.74) is 8.02. The van der Waals surface area contributed by atoms with Gasteiger partial charge in [-0.25, -0.2) is 4.98 Å². The second kappa shape index (κ2) is 4.16. The standard InChI is InChI=1S/C12H16N4S/c1-15-4-6-16(7-5-15)9-2-3-10-11(8-9)17-12(13)14-10/h2-3,8H,4-7H2,1H3,(H2,13,14). The third kappa shape index (κ3) is 2.08. The van der Waals surface area contributed by atoms with Gasteiger partial charge in [-0.1, -0.05) is 11.3 Å². The van der Waals surface area contributed by atoms with Crippen molar-refractivity contribution in [3.05, 3.63) is 18.2 Å². The minimum absolute atomic E-state index is 0.649. The van der Waals surface area contributed by atoms with E-state index in [4.69, 9.17) is 5.73 Å². The molecule has 1 aliphatic rings. The zero-order valence-electron chi connectivity index (χ0n) is 9.89. The summed E-state index contributed by atoms with van der Waals surface area (Å²) in [5.74, 6) is 0. The quantitative estimate of drug-likeness (QED) is 0.833. The highest BCUT2D eigenvalue weighted by atomic mass is 32.1. The molecule has 17 heavy (non-hydrogen) atoms. The molecule has 2 heterocycles. The van der Waals surface area contributed by atoms with Gasteiger partial charge in [-0.05, 0) is 25.2 Å². The normalized spacial score (nSPS) is 17.8. The van der Waals surface area contributed by atoms with E-state index in [-0.39, 0.29) is 0 Å². The minimum atomic E-state index is 0.649. The van der Waals surface area contributed by atoms with Gasteiger partial charge in [0.05, 0.1) is 10.2 Å². The number of rotatable bonds is 1.